The van der Waals surface area contributed by atoms with Crippen molar-refractivity contribution < 1.29 is 17.6 Å². The van der Waals surface area contributed by atoms with Crippen molar-refractivity contribution in [2.75, 3.05) is 12.8 Å². The molecule has 0 aliphatic rings. The van der Waals surface area contributed by atoms with Gasteiger partial charge in [0.05, 0.1) is 5.56 Å². The van der Waals surface area contributed by atoms with Gasteiger partial charge < -0.3 is 11.1 Å². The summed E-state index contributed by atoms with van der Waals surface area (Å²) in [6, 6.07) is 2.35. The summed E-state index contributed by atoms with van der Waals surface area (Å²) >= 11 is 3.07. The van der Waals surface area contributed by atoms with E-state index in [4.69, 9.17) is 5.73 Å². The molecule has 1 aromatic carbocycles. The number of amides is 1. The SMILES string of the molecule is CC(C)(CN)NC(=O)c1cc(Br)cc(S(C)(=O)=O)c1F.Cl. The van der Waals surface area contributed by atoms with E-state index in [0.717, 1.165) is 12.3 Å². The Balaban J connectivity index is 0.00000400. The summed E-state index contributed by atoms with van der Waals surface area (Å²) in [6.07, 6.45) is 0.878. The zero-order valence-electron chi connectivity index (χ0n) is 11.7. The molecule has 5 nitrogen and oxygen atoms in total. The molecular weight excluding hydrogens is 387 g/mol. The number of hydrogen-bond acceptors (Lipinski definition) is 4. The van der Waals surface area contributed by atoms with Crippen LogP contribution in [-0.2, 0) is 9.84 Å². The van der Waals surface area contributed by atoms with Crippen molar-refractivity contribution in [3.05, 3.63) is 28.0 Å². The number of nitrogens with two attached hydrogens (primary N) is 1. The van der Waals surface area contributed by atoms with Gasteiger partial charge in [-0.3, -0.25) is 4.79 Å². The molecule has 21 heavy (non-hydrogen) atoms. The van der Waals surface area contributed by atoms with Crippen molar-refractivity contribution in [1.82, 2.24) is 5.32 Å². The molecule has 9 heteroatoms. The van der Waals surface area contributed by atoms with Crippen molar-refractivity contribution in [3.8, 4) is 0 Å². The van der Waals surface area contributed by atoms with Crippen LogP contribution < -0.4 is 11.1 Å². The fraction of sp³-hybridized carbons (Fsp3) is 0.417. The fourth-order valence-electron chi connectivity index (χ4n) is 1.42. The quantitative estimate of drug-likeness (QED) is 0.803. The number of carbonyl (C=O) groups is 1. The topological polar surface area (TPSA) is 89.3 Å². The Labute approximate surface area is 137 Å². The Morgan fingerprint density at radius 3 is 2.38 bits per heavy atom. The van der Waals surface area contributed by atoms with Gasteiger partial charge in [-0.25, -0.2) is 12.8 Å². The molecular formula is C12H17BrClFN2O3S. The van der Waals surface area contributed by atoms with Gasteiger partial charge >= 0.3 is 0 Å². The average Bonchev–Trinajstić information content (AvgIpc) is 2.29. The highest BCUT2D eigenvalue weighted by Gasteiger charge is 2.25. The first-order valence-electron chi connectivity index (χ1n) is 5.69. The molecule has 0 spiro atoms. The van der Waals surface area contributed by atoms with Gasteiger partial charge in [0, 0.05) is 22.8 Å². The molecule has 0 atom stereocenters. The zero-order chi connectivity index (χ0) is 15.7. The van der Waals surface area contributed by atoms with Gasteiger partial charge in [0.15, 0.2) is 15.7 Å². The van der Waals surface area contributed by atoms with Crippen LogP contribution in [0.15, 0.2) is 21.5 Å². The number of carbonyl (C=O) groups excluding carboxylic acids is 1. The van der Waals surface area contributed by atoms with Crippen LogP contribution in [0.4, 0.5) is 4.39 Å². The second kappa shape index (κ2) is 7.04. The van der Waals surface area contributed by atoms with Crippen LogP contribution in [0.25, 0.3) is 0 Å². The molecule has 0 aliphatic heterocycles. The predicted octanol–water partition coefficient (Wildman–Crippen LogP) is 1.88. The first-order chi connectivity index (χ1) is 8.98. The molecule has 1 aromatic rings. The number of rotatable bonds is 4. The van der Waals surface area contributed by atoms with Crippen molar-refractivity contribution >= 4 is 44.1 Å². The smallest absolute Gasteiger partial charge is 0.254 e. The standard InChI is InChI=1S/C12H16BrFN2O3S.ClH/c1-12(2,6-15)16-11(17)8-4-7(13)5-9(10(8)14)20(3,18)19;/h4-5H,6,15H2,1-3H3,(H,16,17);1H. The number of sulfone groups is 1. The molecule has 0 bridgehead atoms. The van der Waals surface area contributed by atoms with Gasteiger partial charge in [-0.05, 0) is 26.0 Å². The van der Waals surface area contributed by atoms with Crippen LogP contribution in [0.2, 0.25) is 0 Å². The fourth-order valence-corrected chi connectivity index (χ4v) is 2.81. The molecule has 0 heterocycles. The van der Waals surface area contributed by atoms with E-state index in [1.165, 1.54) is 6.07 Å². The van der Waals surface area contributed by atoms with Crippen LogP contribution in [0.1, 0.15) is 24.2 Å². The molecule has 0 unspecified atom stereocenters. The molecule has 0 fully saturated rings. The third-order valence-electron chi connectivity index (χ3n) is 2.61. The molecule has 0 aliphatic carbocycles. The number of nitrogens with one attached hydrogen (secondary N) is 1. The van der Waals surface area contributed by atoms with Crippen molar-refractivity contribution in [1.29, 1.82) is 0 Å². The molecule has 3 N–H and O–H groups in total. The lowest BCUT2D eigenvalue weighted by Gasteiger charge is -2.24. The summed E-state index contributed by atoms with van der Waals surface area (Å²) in [5, 5.41) is 2.55. The van der Waals surface area contributed by atoms with Crippen LogP contribution in [-0.4, -0.2) is 32.7 Å². The first-order valence-corrected chi connectivity index (χ1v) is 8.38. The van der Waals surface area contributed by atoms with Gasteiger partial charge in [0.25, 0.3) is 5.91 Å². The highest BCUT2D eigenvalue weighted by Crippen LogP contribution is 2.24. The first kappa shape index (κ1) is 20.3. The van der Waals surface area contributed by atoms with Crippen LogP contribution in [0.5, 0.6) is 0 Å². The summed E-state index contributed by atoms with van der Waals surface area (Å²) in [6.45, 7) is 3.52. The second-order valence-electron chi connectivity index (χ2n) is 5.08. The van der Waals surface area contributed by atoms with E-state index < -0.39 is 32.0 Å². The van der Waals surface area contributed by atoms with Gasteiger partial charge in [-0.2, -0.15) is 0 Å². The molecule has 0 saturated carbocycles. The van der Waals surface area contributed by atoms with Crippen LogP contribution >= 0.6 is 28.3 Å². The molecule has 0 aromatic heterocycles. The molecule has 1 amide bonds. The van der Waals surface area contributed by atoms with E-state index in [1.807, 2.05) is 0 Å². The normalized spacial score (nSPS) is 11.7. The van der Waals surface area contributed by atoms with Gasteiger partial charge in [-0.15, -0.1) is 12.4 Å². The molecule has 0 saturated heterocycles. The van der Waals surface area contributed by atoms with Crippen LogP contribution in [0.3, 0.4) is 0 Å². The second-order valence-corrected chi connectivity index (χ2v) is 7.98. The van der Waals surface area contributed by atoms with Crippen molar-refractivity contribution in [3.63, 3.8) is 0 Å². The molecule has 1 rings (SSSR count). The lowest BCUT2D eigenvalue weighted by molar-refractivity contribution is 0.0911. The third-order valence-corrected chi connectivity index (χ3v) is 4.16. The van der Waals surface area contributed by atoms with E-state index in [9.17, 15) is 17.6 Å². The minimum Gasteiger partial charge on any atom is -0.346 e. The Kier molecular flexibility index (Phi) is 6.81. The van der Waals surface area contributed by atoms with E-state index in [-0.39, 0.29) is 24.5 Å². The molecule has 120 valence electrons. The van der Waals surface area contributed by atoms with Gasteiger partial charge in [-0.1, -0.05) is 15.9 Å². The summed E-state index contributed by atoms with van der Waals surface area (Å²) < 4.78 is 37.5. The van der Waals surface area contributed by atoms with E-state index >= 15 is 0 Å². The maximum atomic E-state index is 14.2. The Morgan fingerprint density at radius 2 is 1.95 bits per heavy atom. The monoisotopic (exact) mass is 402 g/mol. The summed E-state index contributed by atoms with van der Waals surface area (Å²) in [5.41, 5.74) is 4.42. The summed E-state index contributed by atoms with van der Waals surface area (Å²) in [5.74, 6) is -1.79. The Bertz CT molecular complexity index is 650. The Morgan fingerprint density at radius 1 is 1.43 bits per heavy atom. The van der Waals surface area contributed by atoms with E-state index in [2.05, 4.69) is 21.2 Å². The highest BCUT2D eigenvalue weighted by atomic mass is 79.9. The van der Waals surface area contributed by atoms with E-state index in [1.54, 1.807) is 13.8 Å². The lowest BCUT2D eigenvalue weighted by atomic mass is 10.1. The van der Waals surface area contributed by atoms with Gasteiger partial charge in [0.2, 0.25) is 0 Å². The number of benzene rings is 1. The van der Waals surface area contributed by atoms with Gasteiger partial charge in [0.1, 0.15) is 4.90 Å². The maximum Gasteiger partial charge on any atom is 0.254 e. The maximum absolute atomic E-state index is 14.2. The lowest BCUT2D eigenvalue weighted by Crippen LogP contribution is -2.49. The average molecular weight is 404 g/mol. The predicted molar refractivity (Wildman–Crippen MR) is 85.1 cm³/mol. The minimum atomic E-state index is -3.77. The van der Waals surface area contributed by atoms with Crippen LogP contribution in [0, 0.1) is 5.82 Å². The highest BCUT2D eigenvalue weighted by molar-refractivity contribution is 9.10. The van der Waals surface area contributed by atoms with Crippen molar-refractivity contribution in [2.24, 2.45) is 5.73 Å². The zero-order valence-corrected chi connectivity index (χ0v) is 15.0. The minimum absolute atomic E-state index is 0. The third kappa shape index (κ3) is 5.21. The van der Waals surface area contributed by atoms with E-state index in [0.29, 0.717) is 4.47 Å². The molecule has 0 radical (unpaired) electrons. The Hall–Kier alpha value is -0.700. The van der Waals surface area contributed by atoms with Crippen molar-refractivity contribution in [2.45, 2.75) is 24.3 Å². The number of hydrogen-bond donors (Lipinski definition) is 2. The number of halogens is 3. The summed E-state index contributed by atoms with van der Waals surface area (Å²) in [4.78, 5) is 11.5. The largest absolute Gasteiger partial charge is 0.346 e. The summed E-state index contributed by atoms with van der Waals surface area (Å²) in [7, 11) is -3.77.